The maximum atomic E-state index is 2.27. The number of hydrogen-bond acceptors (Lipinski definition) is 4. The van der Waals surface area contributed by atoms with Crippen LogP contribution in [0.5, 0.6) is 0 Å². The third-order valence-electron chi connectivity index (χ3n) is 2.84. The summed E-state index contributed by atoms with van der Waals surface area (Å²) in [4.78, 5) is 0. The van der Waals surface area contributed by atoms with Gasteiger partial charge in [0.2, 0.25) is 0 Å². The SMILES string of the molecule is c1cc(CCCSCSCCCc2ccsc2)cs1. The number of thiophene rings is 2. The fourth-order valence-corrected chi connectivity index (χ4v) is 5.32. The first kappa shape index (κ1) is 15.5. The number of thioether (sulfide) groups is 2. The van der Waals surface area contributed by atoms with Crippen LogP contribution in [0.1, 0.15) is 24.0 Å². The molecule has 0 radical (unpaired) electrons. The third-order valence-corrected chi connectivity index (χ3v) is 6.79. The van der Waals surface area contributed by atoms with E-state index in [1.54, 1.807) is 22.7 Å². The zero-order valence-electron chi connectivity index (χ0n) is 11.0. The highest BCUT2D eigenvalue weighted by Gasteiger charge is 1.96. The molecule has 0 atom stereocenters. The van der Waals surface area contributed by atoms with E-state index in [0.717, 1.165) is 0 Å². The van der Waals surface area contributed by atoms with Gasteiger partial charge in [-0.05, 0) is 82.0 Å². The predicted molar refractivity (Wildman–Crippen MR) is 95.1 cm³/mol. The van der Waals surface area contributed by atoms with Crippen LogP contribution in [-0.2, 0) is 12.8 Å². The lowest BCUT2D eigenvalue weighted by Gasteiger charge is -2.02. The van der Waals surface area contributed by atoms with Crippen molar-refractivity contribution in [3.63, 3.8) is 0 Å². The standard InChI is InChI=1S/C15H20S4/c1(3-14-5-9-16-11-14)7-18-13-19-8-2-4-15-6-10-17-12-15/h5-6,9-12H,1-4,7-8,13H2. The van der Waals surface area contributed by atoms with Crippen LogP contribution in [0.3, 0.4) is 0 Å². The Morgan fingerprint density at radius 1 is 0.789 bits per heavy atom. The van der Waals surface area contributed by atoms with E-state index < -0.39 is 0 Å². The first-order valence-electron chi connectivity index (χ1n) is 6.63. The van der Waals surface area contributed by atoms with Gasteiger partial charge in [0.1, 0.15) is 0 Å². The van der Waals surface area contributed by atoms with E-state index in [1.165, 1.54) is 53.4 Å². The monoisotopic (exact) mass is 328 g/mol. The minimum absolute atomic E-state index is 1.25. The molecule has 0 nitrogen and oxygen atoms in total. The van der Waals surface area contributed by atoms with Crippen LogP contribution in [-0.4, -0.2) is 16.6 Å². The van der Waals surface area contributed by atoms with Gasteiger partial charge in [-0.15, -0.1) is 0 Å². The second-order valence-corrected chi connectivity index (χ2v) is 8.54. The van der Waals surface area contributed by atoms with Crippen molar-refractivity contribution in [1.82, 2.24) is 0 Å². The summed E-state index contributed by atoms with van der Waals surface area (Å²) in [5.41, 5.74) is 3.02. The molecule has 2 heterocycles. The Bertz CT molecular complexity index is 365. The summed E-state index contributed by atoms with van der Waals surface area (Å²) in [7, 11) is 0. The first-order valence-corrected chi connectivity index (χ1v) is 10.8. The van der Waals surface area contributed by atoms with Crippen LogP contribution < -0.4 is 0 Å². The Morgan fingerprint density at radius 2 is 1.32 bits per heavy atom. The Labute approximate surface area is 133 Å². The Morgan fingerprint density at radius 3 is 1.74 bits per heavy atom. The summed E-state index contributed by atoms with van der Waals surface area (Å²) >= 11 is 7.79. The van der Waals surface area contributed by atoms with Gasteiger partial charge in [0, 0.05) is 5.08 Å². The van der Waals surface area contributed by atoms with Crippen LogP contribution in [0.2, 0.25) is 0 Å². The fraction of sp³-hybridized carbons (Fsp3) is 0.467. The normalized spacial score (nSPS) is 10.9. The molecule has 0 unspecified atom stereocenters. The van der Waals surface area contributed by atoms with Crippen molar-refractivity contribution in [3.8, 4) is 0 Å². The van der Waals surface area contributed by atoms with Crippen LogP contribution in [0.25, 0.3) is 0 Å². The lowest BCUT2D eigenvalue weighted by molar-refractivity contribution is 0.937. The van der Waals surface area contributed by atoms with Gasteiger partial charge in [0.25, 0.3) is 0 Å². The van der Waals surface area contributed by atoms with Crippen LogP contribution in [0.4, 0.5) is 0 Å². The second-order valence-electron chi connectivity index (χ2n) is 4.40. The molecule has 0 spiro atoms. The number of rotatable bonds is 10. The molecule has 2 rings (SSSR count). The Kier molecular flexibility index (Phi) is 8.09. The molecule has 0 bridgehead atoms. The average Bonchev–Trinajstić information content (AvgIpc) is 3.10. The van der Waals surface area contributed by atoms with Gasteiger partial charge in [0.15, 0.2) is 0 Å². The van der Waals surface area contributed by atoms with Crippen LogP contribution in [0, 0.1) is 0 Å². The maximum Gasteiger partial charge on any atom is 0.0392 e. The van der Waals surface area contributed by atoms with Crippen molar-refractivity contribution in [2.75, 3.05) is 16.6 Å². The summed E-state index contributed by atoms with van der Waals surface area (Å²) < 4.78 is 0. The lowest BCUT2D eigenvalue weighted by atomic mass is 10.2. The second kappa shape index (κ2) is 9.92. The molecule has 0 aliphatic heterocycles. The molecule has 0 amide bonds. The summed E-state index contributed by atoms with van der Waals surface area (Å²) in [5.74, 6) is 2.60. The molecule has 0 aliphatic rings. The molecule has 0 saturated carbocycles. The summed E-state index contributed by atoms with van der Waals surface area (Å²) in [6.45, 7) is 0. The topological polar surface area (TPSA) is 0 Å². The molecule has 4 heteroatoms. The quantitative estimate of drug-likeness (QED) is 0.399. The molecule has 0 aliphatic carbocycles. The van der Waals surface area contributed by atoms with E-state index in [1.807, 2.05) is 0 Å². The molecule has 2 aromatic heterocycles. The summed E-state index contributed by atoms with van der Waals surface area (Å²) in [6.07, 6.45) is 5.13. The first-order chi connectivity index (χ1) is 9.45. The van der Waals surface area contributed by atoms with E-state index >= 15 is 0 Å². The molecule has 19 heavy (non-hydrogen) atoms. The van der Waals surface area contributed by atoms with Gasteiger partial charge in [0.05, 0.1) is 0 Å². The van der Waals surface area contributed by atoms with Crippen LogP contribution >= 0.6 is 46.2 Å². The molecule has 0 fully saturated rings. The van der Waals surface area contributed by atoms with Gasteiger partial charge in [-0.25, -0.2) is 0 Å². The van der Waals surface area contributed by atoms with Crippen LogP contribution in [0.15, 0.2) is 33.7 Å². The van der Waals surface area contributed by atoms with Crippen molar-refractivity contribution in [2.24, 2.45) is 0 Å². The van der Waals surface area contributed by atoms with Gasteiger partial charge >= 0.3 is 0 Å². The number of aryl methyl sites for hydroxylation is 2. The van der Waals surface area contributed by atoms with Gasteiger partial charge < -0.3 is 0 Å². The maximum absolute atomic E-state index is 2.27. The number of hydrogen-bond donors (Lipinski definition) is 0. The molecule has 0 N–H and O–H groups in total. The third kappa shape index (κ3) is 6.89. The van der Waals surface area contributed by atoms with Crippen molar-refractivity contribution in [2.45, 2.75) is 25.7 Å². The van der Waals surface area contributed by atoms with E-state index in [2.05, 4.69) is 57.2 Å². The highest BCUT2D eigenvalue weighted by Crippen LogP contribution is 2.17. The minimum Gasteiger partial charge on any atom is -0.152 e. The predicted octanol–water partition coefficient (Wildman–Crippen LogP) is 5.80. The lowest BCUT2D eigenvalue weighted by Crippen LogP contribution is -1.88. The van der Waals surface area contributed by atoms with Crippen molar-refractivity contribution in [3.05, 3.63) is 44.8 Å². The minimum atomic E-state index is 1.25. The van der Waals surface area contributed by atoms with Crippen molar-refractivity contribution in [1.29, 1.82) is 0 Å². The van der Waals surface area contributed by atoms with E-state index in [4.69, 9.17) is 0 Å². The van der Waals surface area contributed by atoms with Crippen molar-refractivity contribution < 1.29 is 0 Å². The highest BCUT2D eigenvalue weighted by molar-refractivity contribution is 8.15. The molecular formula is C15H20S4. The van der Waals surface area contributed by atoms with Gasteiger partial charge in [-0.2, -0.15) is 46.2 Å². The van der Waals surface area contributed by atoms with Crippen molar-refractivity contribution >= 4 is 46.2 Å². The Balaban J connectivity index is 1.36. The summed E-state index contributed by atoms with van der Waals surface area (Å²) in [6, 6.07) is 4.49. The van der Waals surface area contributed by atoms with E-state index in [0.29, 0.717) is 0 Å². The molecule has 104 valence electrons. The molecule has 0 saturated heterocycles. The smallest absolute Gasteiger partial charge is 0.0392 e. The molecule has 0 aromatic carbocycles. The van der Waals surface area contributed by atoms with E-state index in [9.17, 15) is 0 Å². The molecule has 2 aromatic rings. The Hall–Kier alpha value is 0.1000. The average molecular weight is 329 g/mol. The molecular weight excluding hydrogens is 308 g/mol. The fourth-order valence-electron chi connectivity index (χ4n) is 1.80. The van der Waals surface area contributed by atoms with Gasteiger partial charge in [-0.1, -0.05) is 0 Å². The largest absolute Gasteiger partial charge is 0.152 e. The van der Waals surface area contributed by atoms with E-state index in [-0.39, 0.29) is 0 Å². The zero-order valence-corrected chi connectivity index (χ0v) is 14.3. The van der Waals surface area contributed by atoms with Gasteiger partial charge in [-0.3, -0.25) is 0 Å². The summed E-state index contributed by atoms with van der Waals surface area (Å²) in [5, 5.41) is 10.1. The zero-order chi connectivity index (χ0) is 13.2. The highest BCUT2D eigenvalue weighted by atomic mass is 32.2.